The molecule has 0 saturated carbocycles. The minimum absolute atomic E-state index is 0.0309. The van der Waals surface area contributed by atoms with Crippen molar-refractivity contribution in [3.63, 3.8) is 0 Å². The van der Waals surface area contributed by atoms with E-state index in [0.717, 1.165) is 6.42 Å². The van der Waals surface area contributed by atoms with Crippen molar-refractivity contribution in [3.05, 3.63) is 0 Å². The number of aliphatic carboxylic acids is 1. The number of rotatable bonds is 1. The SMILES string of the molecule is N[C@H]1CCC2SC[C@@H](C(=O)O)N2C1=O. The molecule has 2 aliphatic rings. The summed E-state index contributed by atoms with van der Waals surface area (Å²) in [6.07, 6.45) is 1.47. The first-order valence-electron chi connectivity index (χ1n) is 4.53. The summed E-state index contributed by atoms with van der Waals surface area (Å²) in [5, 5.41) is 8.94. The lowest BCUT2D eigenvalue weighted by atomic mass is 10.0. The number of carbonyl (C=O) groups excluding carboxylic acids is 1. The van der Waals surface area contributed by atoms with E-state index in [9.17, 15) is 9.59 Å². The van der Waals surface area contributed by atoms with Crippen LogP contribution in [0.3, 0.4) is 0 Å². The molecule has 3 atom stereocenters. The zero-order chi connectivity index (χ0) is 10.3. The number of piperidine rings is 1. The smallest absolute Gasteiger partial charge is 0.327 e. The fraction of sp³-hybridized carbons (Fsp3) is 0.750. The Balaban J connectivity index is 2.20. The molecule has 14 heavy (non-hydrogen) atoms. The standard InChI is InChI=1S/C8H12N2O3S/c9-4-1-2-6-10(7(4)11)5(3-14-6)8(12)13/h4-6H,1-3,9H2,(H,12,13)/t4-,5-,6?/m0/s1. The molecule has 1 unspecified atom stereocenters. The summed E-state index contributed by atoms with van der Waals surface area (Å²) >= 11 is 1.54. The van der Waals surface area contributed by atoms with E-state index >= 15 is 0 Å². The summed E-state index contributed by atoms with van der Waals surface area (Å²) in [5.41, 5.74) is 5.60. The Morgan fingerprint density at radius 2 is 2.29 bits per heavy atom. The number of fused-ring (bicyclic) bond motifs is 1. The number of nitrogens with two attached hydrogens (primary N) is 1. The van der Waals surface area contributed by atoms with Gasteiger partial charge in [0.2, 0.25) is 5.91 Å². The highest BCUT2D eigenvalue weighted by atomic mass is 32.2. The molecule has 6 heteroatoms. The minimum Gasteiger partial charge on any atom is -0.480 e. The first-order valence-corrected chi connectivity index (χ1v) is 5.58. The number of thioether (sulfide) groups is 1. The van der Waals surface area contributed by atoms with Crippen molar-refractivity contribution in [2.75, 3.05) is 5.75 Å². The molecule has 78 valence electrons. The summed E-state index contributed by atoms with van der Waals surface area (Å²) < 4.78 is 0. The van der Waals surface area contributed by atoms with E-state index in [1.807, 2.05) is 0 Å². The topological polar surface area (TPSA) is 83.6 Å². The lowest BCUT2D eigenvalue weighted by Gasteiger charge is -2.34. The third kappa shape index (κ3) is 1.38. The van der Waals surface area contributed by atoms with Crippen molar-refractivity contribution in [1.29, 1.82) is 0 Å². The summed E-state index contributed by atoms with van der Waals surface area (Å²) in [5.74, 6) is -0.653. The van der Waals surface area contributed by atoms with Gasteiger partial charge < -0.3 is 15.7 Å². The molecule has 2 fully saturated rings. The monoisotopic (exact) mass is 216 g/mol. The fourth-order valence-electron chi connectivity index (χ4n) is 1.91. The van der Waals surface area contributed by atoms with Gasteiger partial charge in [-0.25, -0.2) is 4.79 Å². The van der Waals surface area contributed by atoms with Gasteiger partial charge in [-0.15, -0.1) is 11.8 Å². The number of hydrogen-bond donors (Lipinski definition) is 2. The molecular formula is C8H12N2O3S. The van der Waals surface area contributed by atoms with Crippen molar-refractivity contribution in [1.82, 2.24) is 4.90 Å². The molecule has 1 amide bonds. The average Bonchev–Trinajstić information content (AvgIpc) is 2.55. The second-order valence-electron chi connectivity index (χ2n) is 3.57. The highest BCUT2D eigenvalue weighted by molar-refractivity contribution is 8.00. The van der Waals surface area contributed by atoms with E-state index in [4.69, 9.17) is 10.8 Å². The van der Waals surface area contributed by atoms with Crippen LogP contribution >= 0.6 is 11.8 Å². The quantitative estimate of drug-likeness (QED) is 0.615. The van der Waals surface area contributed by atoms with Crippen molar-refractivity contribution in [2.24, 2.45) is 5.73 Å². The van der Waals surface area contributed by atoms with Crippen molar-refractivity contribution >= 4 is 23.6 Å². The van der Waals surface area contributed by atoms with E-state index < -0.39 is 18.1 Å². The van der Waals surface area contributed by atoms with E-state index in [1.165, 1.54) is 16.7 Å². The van der Waals surface area contributed by atoms with Gasteiger partial charge >= 0.3 is 5.97 Å². The van der Waals surface area contributed by atoms with E-state index in [-0.39, 0.29) is 11.3 Å². The summed E-state index contributed by atoms with van der Waals surface area (Å²) in [4.78, 5) is 24.0. The van der Waals surface area contributed by atoms with Crippen LogP contribution in [0.25, 0.3) is 0 Å². The lowest BCUT2D eigenvalue weighted by molar-refractivity contribution is -0.151. The highest BCUT2D eigenvalue weighted by Gasteiger charge is 2.45. The van der Waals surface area contributed by atoms with Gasteiger partial charge in [-0.2, -0.15) is 0 Å². The van der Waals surface area contributed by atoms with Gasteiger partial charge in [0.15, 0.2) is 0 Å². The Hall–Kier alpha value is -0.750. The maximum Gasteiger partial charge on any atom is 0.327 e. The molecule has 5 nitrogen and oxygen atoms in total. The molecular weight excluding hydrogens is 204 g/mol. The van der Waals surface area contributed by atoms with Gasteiger partial charge in [0, 0.05) is 5.75 Å². The Morgan fingerprint density at radius 1 is 1.57 bits per heavy atom. The van der Waals surface area contributed by atoms with E-state index in [0.29, 0.717) is 12.2 Å². The predicted molar refractivity (Wildman–Crippen MR) is 51.7 cm³/mol. The molecule has 0 aromatic heterocycles. The third-order valence-corrected chi connectivity index (χ3v) is 4.03. The number of carboxylic acids is 1. The van der Waals surface area contributed by atoms with E-state index in [1.54, 1.807) is 0 Å². The number of carboxylic acid groups (broad SMARTS) is 1. The second kappa shape index (κ2) is 3.43. The summed E-state index contributed by atoms with van der Waals surface area (Å²) in [6, 6.07) is -1.18. The van der Waals surface area contributed by atoms with Gasteiger partial charge in [-0.1, -0.05) is 0 Å². The molecule has 0 radical (unpaired) electrons. The van der Waals surface area contributed by atoms with Crippen LogP contribution in [0.4, 0.5) is 0 Å². The number of hydrogen-bond acceptors (Lipinski definition) is 4. The molecule has 0 aromatic carbocycles. The normalized spacial score (nSPS) is 37.1. The molecule has 3 N–H and O–H groups in total. The van der Waals surface area contributed by atoms with Crippen LogP contribution in [0.15, 0.2) is 0 Å². The summed E-state index contributed by atoms with van der Waals surface area (Å²) in [7, 11) is 0. The Bertz CT molecular complexity index is 284. The Morgan fingerprint density at radius 3 is 2.93 bits per heavy atom. The zero-order valence-electron chi connectivity index (χ0n) is 7.55. The number of nitrogens with zero attached hydrogens (tertiary/aromatic N) is 1. The molecule has 0 spiro atoms. The van der Waals surface area contributed by atoms with Gasteiger partial charge in [-0.05, 0) is 12.8 Å². The molecule has 2 rings (SSSR count). The third-order valence-electron chi connectivity index (χ3n) is 2.67. The van der Waals surface area contributed by atoms with Crippen molar-refractivity contribution in [2.45, 2.75) is 30.3 Å². The molecule has 2 heterocycles. The maximum atomic E-state index is 11.6. The molecule has 2 aliphatic heterocycles. The van der Waals surface area contributed by atoms with Crippen molar-refractivity contribution in [3.8, 4) is 0 Å². The zero-order valence-corrected chi connectivity index (χ0v) is 8.37. The number of amides is 1. The molecule has 2 saturated heterocycles. The first kappa shape index (κ1) is 9.79. The van der Waals surface area contributed by atoms with Crippen LogP contribution < -0.4 is 5.73 Å². The molecule has 0 bridgehead atoms. The average molecular weight is 216 g/mol. The van der Waals surface area contributed by atoms with E-state index in [2.05, 4.69) is 0 Å². The van der Waals surface area contributed by atoms with Crippen LogP contribution in [0.5, 0.6) is 0 Å². The van der Waals surface area contributed by atoms with Crippen LogP contribution in [-0.2, 0) is 9.59 Å². The van der Waals surface area contributed by atoms with Crippen LogP contribution in [-0.4, -0.2) is 45.1 Å². The fourth-order valence-corrected chi connectivity index (χ4v) is 3.33. The van der Waals surface area contributed by atoms with Gasteiger partial charge in [-0.3, -0.25) is 4.79 Å². The maximum absolute atomic E-state index is 11.6. The molecule has 0 aromatic rings. The minimum atomic E-state index is -0.928. The van der Waals surface area contributed by atoms with Crippen LogP contribution in [0, 0.1) is 0 Å². The van der Waals surface area contributed by atoms with Crippen molar-refractivity contribution < 1.29 is 14.7 Å². The Labute approximate surface area is 85.6 Å². The predicted octanol–water partition coefficient (Wildman–Crippen LogP) is -0.538. The second-order valence-corrected chi connectivity index (χ2v) is 4.78. The van der Waals surface area contributed by atoms with Gasteiger partial charge in [0.25, 0.3) is 0 Å². The lowest BCUT2D eigenvalue weighted by Crippen LogP contribution is -2.55. The first-order chi connectivity index (χ1) is 6.61. The van der Waals surface area contributed by atoms with Crippen LogP contribution in [0.1, 0.15) is 12.8 Å². The summed E-state index contributed by atoms with van der Waals surface area (Å²) in [6.45, 7) is 0. The number of carbonyl (C=O) groups is 2. The molecule has 0 aliphatic carbocycles. The largest absolute Gasteiger partial charge is 0.480 e. The highest BCUT2D eigenvalue weighted by Crippen LogP contribution is 2.35. The van der Waals surface area contributed by atoms with Gasteiger partial charge in [0.1, 0.15) is 6.04 Å². The van der Waals surface area contributed by atoms with Crippen LogP contribution in [0.2, 0.25) is 0 Å². The van der Waals surface area contributed by atoms with Gasteiger partial charge in [0.05, 0.1) is 11.4 Å². The Kier molecular flexibility index (Phi) is 2.40.